The fourth-order valence-electron chi connectivity index (χ4n) is 1.95. The molecular weight excluding hydrogens is 272 g/mol. The number of rotatable bonds is 6. The van der Waals surface area contributed by atoms with Gasteiger partial charge in [0.05, 0.1) is 16.8 Å². The van der Waals surface area contributed by atoms with Crippen LogP contribution in [0, 0.1) is 0 Å². The zero-order valence-electron chi connectivity index (χ0n) is 12.2. The summed E-state index contributed by atoms with van der Waals surface area (Å²) in [6.07, 6.45) is 3.89. The Balaban J connectivity index is 3.23. The molecule has 0 amide bonds. The smallest absolute Gasteiger partial charge is 0.185 e. The fourth-order valence-corrected chi connectivity index (χ4v) is 3.75. The Morgan fingerprint density at radius 1 is 1.15 bits per heavy atom. The van der Waals surface area contributed by atoms with Gasteiger partial charge in [0, 0.05) is 0 Å². The number of benzene rings is 1. The molecule has 0 heterocycles. The molecule has 20 heavy (non-hydrogen) atoms. The first-order valence-corrected chi connectivity index (χ1v) is 8.14. The van der Waals surface area contributed by atoms with E-state index in [2.05, 4.69) is 0 Å². The molecule has 1 aromatic carbocycles. The van der Waals surface area contributed by atoms with Gasteiger partial charge in [-0.3, -0.25) is 0 Å². The largest absolute Gasteiger partial charge is 0.392 e. The summed E-state index contributed by atoms with van der Waals surface area (Å²) in [4.78, 5) is 0.317. The quantitative estimate of drug-likeness (QED) is 0.820. The molecule has 4 heteroatoms. The van der Waals surface area contributed by atoms with E-state index in [9.17, 15) is 8.42 Å². The molecule has 1 rings (SSSR count). The van der Waals surface area contributed by atoms with Gasteiger partial charge < -0.3 is 5.11 Å². The third-order valence-corrected chi connectivity index (χ3v) is 5.35. The summed E-state index contributed by atoms with van der Waals surface area (Å²) in [5.74, 6) is 0. The highest BCUT2D eigenvalue weighted by molar-refractivity contribution is 7.92. The summed E-state index contributed by atoms with van der Waals surface area (Å²) in [6.45, 7) is 5.48. The van der Waals surface area contributed by atoms with E-state index in [4.69, 9.17) is 5.11 Å². The fraction of sp³-hybridized carbons (Fsp3) is 0.375. The van der Waals surface area contributed by atoms with Crippen LogP contribution in [0.5, 0.6) is 0 Å². The minimum atomic E-state index is -3.44. The molecule has 0 aliphatic carbocycles. The van der Waals surface area contributed by atoms with Gasteiger partial charge in [0.15, 0.2) is 9.84 Å². The lowest BCUT2D eigenvalue weighted by atomic mass is 10.1. The third kappa shape index (κ3) is 4.32. The number of aliphatic hydroxyl groups is 1. The highest BCUT2D eigenvalue weighted by Crippen LogP contribution is 2.24. The summed E-state index contributed by atoms with van der Waals surface area (Å²) < 4.78 is 25.4. The van der Waals surface area contributed by atoms with Crippen molar-refractivity contribution in [3.05, 3.63) is 53.6 Å². The number of hydrogen-bond donors (Lipinski definition) is 1. The summed E-state index contributed by atoms with van der Waals surface area (Å²) in [5, 5.41) is 8.38. The average molecular weight is 294 g/mol. The summed E-state index contributed by atoms with van der Waals surface area (Å²) in [7, 11) is -3.44. The van der Waals surface area contributed by atoms with Crippen molar-refractivity contribution in [3.63, 3.8) is 0 Å². The molecule has 0 fully saturated rings. The van der Waals surface area contributed by atoms with Crippen LogP contribution in [0.25, 0.3) is 0 Å². The van der Waals surface area contributed by atoms with Crippen LogP contribution < -0.4 is 0 Å². The van der Waals surface area contributed by atoms with Crippen LogP contribution >= 0.6 is 0 Å². The second-order valence-electron chi connectivity index (χ2n) is 4.99. The van der Waals surface area contributed by atoms with E-state index in [-0.39, 0.29) is 6.61 Å². The van der Waals surface area contributed by atoms with E-state index in [1.54, 1.807) is 43.3 Å². The van der Waals surface area contributed by atoms with Crippen molar-refractivity contribution in [1.82, 2.24) is 0 Å². The lowest BCUT2D eigenvalue weighted by Gasteiger charge is -2.17. The van der Waals surface area contributed by atoms with E-state index in [1.165, 1.54) is 0 Å². The molecular formula is C16H22O3S. The van der Waals surface area contributed by atoms with E-state index in [0.29, 0.717) is 16.9 Å². The van der Waals surface area contributed by atoms with E-state index < -0.39 is 15.1 Å². The second-order valence-corrected chi connectivity index (χ2v) is 7.13. The monoisotopic (exact) mass is 294 g/mol. The Morgan fingerprint density at radius 2 is 1.75 bits per heavy atom. The minimum absolute atomic E-state index is 0.151. The Labute approximate surface area is 121 Å². The predicted molar refractivity (Wildman–Crippen MR) is 82.3 cm³/mol. The minimum Gasteiger partial charge on any atom is -0.392 e. The van der Waals surface area contributed by atoms with Crippen LogP contribution in [0.3, 0.4) is 0 Å². The van der Waals surface area contributed by atoms with Crippen molar-refractivity contribution in [1.29, 1.82) is 0 Å². The number of hydrogen-bond acceptors (Lipinski definition) is 3. The summed E-state index contributed by atoms with van der Waals surface area (Å²) in [5.41, 5.74) is 1.75. The Morgan fingerprint density at radius 3 is 2.25 bits per heavy atom. The van der Waals surface area contributed by atoms with Crippen molar-refractivity contribution in [2.24, 2.45) is 0 Å². The molecule has 1 aromatic rings. The Hall–Kier alpha value is -1.39. The maximum absolute atomic E-state index is 12.7. The standard InChI is InChI=1S/C16H22O3S/c1-13(2)9-10-16(14(3)11-12-17)20(18,19)15-7-5-4-6-8-15/h4-9,11,16-17H,10,12H2,1-3H3. The van der Waals surface area contributed by atoms with Gasteiger partial charge in [0.1, 0.15) is 0 Å². The number of sulfone groups is 1. The third-order valence-electron chi connectivity index (χ3n) is 3.11. The molecule has 0 aliphatic rings. The lowest BCUT2D eigenvalue weighted by Crippen LogP contribution is -2.22. The van der Waals surface area contributed by atoms with E-state index in [0.717, 1.165) is 5.57 Å². The normalized spacial score (nSPS) is 13.9. The van der Waals surface area contributed by atoms with Gasteiger partial charge >= 0.3 is 0 Å². The zero-order valence-corrected chi connectivity index (χ0v) is 13.0. The highest BCUT2D eigenvalue weighted by Gasteiger charge is 2.27. The molecule has 1 atom stereocenters. The SMILES string of the molecule is CC(C)=CCC(C(C)=CCO)S(=O)(=O)c1ccccc1. The Kier molecular flexibility index (Phi) is 6.17. The van der Waals surface area contributed by atoms with Gasteiger partial charge in [-0.2, -0.15) is 0 Å². The van der Waals surface area contributed by atoms with Crippen LogP contribution in [-0.4, -0.2) is 25.4 Å². The molecule has 110 valence electrons. The highest BCUT2D eigenvalue weighted by atomic mass is 32.2. The second kappa shape index (κ2) is 7.41. The molecule has 0 radical (unpaired) electrons. The number of allylic oxidation sites excluding steroid dienone is 2. The molecule has 0 saturated heterocycles. The molecule has 3 nitrogen and oxygen atoms in total. The van der Waals surface area contributed by atoms with E-state index in [1.807, 2.05) is 19.9 Å². The Bertz CT molecular complexity index is 579. The van der Waals surface area contributed by atoms with Crippen molar-refractivity contribution < 1.29 is 13.5 Å². The maximum atomic E-state index is 12.7. The van der Waals surface area contributed by atoms with Gasteiger partial charge in [0.25, 0.3) is 0 Å². The maximum Gasteiger partial charge on any atom is 0.185 e. The van der Waals surface area contributed by atoms with Crippen LogP contribution in [0.15, 0.2) is 58.5 Å². The van der Waals surface area contributed by atoms with E-state index >= 15 is 0 Å². The van der Waals surface area contributed by atoms with Crippen molar-refractivity contribution >= 4 is 9.84 Å². The van der Waals surface area contributed by atoms with Crippen LogP contribution in [0.4, 0.5) is 0 Å². The first-order chi connectivity index (χ1) is 9.39. The molecule has 1 N–H and O–H groups in total. The van der Waals surface area contributed by atoms with Gasteiger partial charge in [-0.05, 0) is 39.3 Å². The topological polar surface area (TPSA) is 54.4 Å². The number of aliphatic hydroxyl groups excluding tert-OH is 1. The predicted octanol–water partition coefficient (Wildman–Crippen LogP) is 3.12. The van der Waals surface area contributed by atoms with Crippen molar-refractivity contribution in [3.8, 4) is 0 Å². The molecule has 0 saturated carbocycles. The van der Waals surface area contributed by atoms with Gasteiger partial charge in [-0.25, -0.2) is 8.42 Å². The molecule has 0 aliphatic heterocycles. The van der Waals surface area contributed by atoms with Gasteiger partial charge in [-0.15, -0.1) is 0 Å². The summed E-state index contributed by atoms with van der Waals surface area (Å²) in [6, 6.07) is 8.45. The lowest BCUT2D eigenvalue weighted by molar-refractivity contribution is 0.341. The van der Waals surface area contributed by atoms with Crippen molar-refractivity contribution in [2.45, 2.75) is 37.3 Å². The van der Waals surface area contributed by atoms with Crippen LogP contribution in [0.1, 0.15) is 27.2 Å². The first kappa shape index (κ1) is 16.7. The van der Waals surface area contributed by atoms with Gasteiger partial charge in [-0.1, -0.05) is 41.5 Å². The summed E-state index contributed by atoms with van der Waals surface area (Å²) >= 11 is 0. The average Bonchev–Trinajstić information content (AvgIpc) is 2.39. The first-order valence-electron chi connectivity index (χ1n) is 6.59. The molecule has 0 aromatic heterocycles. The van der Waals surface area contributed by atoms with Crippen LogP contribution in [0.2, 0.25) is 0 Å². The molecule has 1 unspecified atom stereocenters. The zero-order chi connectivity index (χ0) is 15.2. The van der Waals surface area contributed by atoms with Gasteiger partial charge in [0.2, 0.25) is 0 Å². The van der Waals surface area contributed by atoms with Crippen LogP contribution in [-0.2, 0) is 9.84 Å². The molecule has 0 bridgehead atoms. The molecule has 0 spiro atoms. The van der Waals surface area contributed by atoms with Crippen molar-refractivity contribution in [2.75, 3.05) is 6.61 Å².